The van der Waals surface area contributed by atoms with Gasteiger partial charge in [0.15, 0.2) is 0 Å². The van der Waals surface area contributed by atoms with Gasteiger partial charge in [-0.15, -0.1) is 0 Å². The summed E-state index contributed by atoms with van der Waals surface area (Å²) in [5.74, 6) is 0. The summed E-state index contributed by atoms with van der Waals surface area (Å²) in [5, 5.41) is 2.97. The lowest BCUT2D eigenvalue weighted by atomic mass is 10.1. The van der Waals surface area contributed by atoms with E-state index in [-0.39, 0.29) is 11.1 Å². The molecule has 82 valence electrons. The number of benzene rings is 2. The average Bonchev–Trinajstić information content (AvgIpc) is 2.39. The molecule has 0 atom stereocenters. The zero-order valence-corrected chi connectivity index (χ0v) is 8.62. The van der Waals surface area contributed by atoms with E-state index in [4.69, 9.17) is 14.0 Å². The standard InChI is InChI=1S/C14H16N2/c1-10-7-11(2)9-12(8-10)16-14-6-4-3-5-13(14)15/h3-9,16H,15H2,1-2H3/i1D3,2D3. The number of nitrogens with two attached hydrogens (primary N) is 1. The third-order valence-electron chi connectivity index (χ3n) is 2.17. The van der Waals surface area contributed by atoms with Crippen LogP contribution in [0.3, 0.4) is 0 Å². The summed E-state index contributed by atoms with van der Waals surface area (Å²) in [6.45, 7) is -4.78. The molecule has 0 heterocycles. The van der Waals surface area contributed by atoms with Gasteiger partial charge in [-0.2, -0.15) is 0 Å². The smallest absolute Gasteiger partial charge is 0.0617 e. The molecule has 16 heavy (non-hydrogen) atoms. The van der Waals surface area contributed by atoms with Crippen molar-refractivity contribution in [3.63, 3.8) is 0 Å². The number of aryl methyl sites for hydroxylation is 2. The Labute approximate surface area is 105 Å². The monoisotopic (exact) mass is 218 g/mol. The van der Waals surface area contributed by atoms with Gasteiger partial charge in [0, 0.05) is 13.9 Å². The molecule has 3 N–H and O–H groups in total. The van der Waals surface area contributed by atoms with E-state index in [2.05, 4.69) is 5.32 Å². The van der Waals surface area contributed by atoms with Gasteiger partial charge in [0.1, 0.15) is 0 Å². The Morgan fingerprint density at radius 1 is 1.06 bits per heavy atom. The van der Waals surface area contributed by atoms with Crippen LogP contribution in [-0.2, 0) is 0 Å². The first-order valence-electron chi connectivity index (χ1n) is 7.85. The second-order valence-corrected chi connectivity index (χ2v) is 3.51. The summed E-state index contributed by atoms with van der Waals surface area (Å²) >= 11 is 0. The molecule has 0 amide bonds. The van der Waals surface area contributed by atoms with Crippen LogP contribution in [-0.4, -0.2) is 0 Å². The molecule has 2 aromatic rings. The Bertz CT molecular complexity index is 644. The van der Waals surface area contributed by atoms with Crippen LogP contribution in [0.5, 0.6) is 0 Å². The Hall–Kier alpha value is -1.96. The molecule has 2 nitrogen and oxygen atoms in total. The fourth-order valence-electron chi connectivity index (χ4n) is 1.47. The predicted molar refractivity (Wildman–Crippen MR) is 70.1 cm³/mol. The van der Waals surface area contributed by atoms with E-state index in [0.29, 0.717) is 17.1 Å². The molecule has 0 unspecified atom stereocenters. The summed E-state index contributed by atoms with van der Waals surface area (Å²) in [7, 11) is 0. The maximum atomic E-state index is 7.49. The normalized spacial score (nSPS) is 17.2. The minimum absolute atomic E-state index is 0.0295. The van der Waals surface area contributed by atoms with E-state index in [0.717, 1.165) is 0 Å². The number of anilines is 3. The van der Waals surface area contributed by atoms with Gasteiger partial charge in [-0.1, -0.05) is 18.2 Å². The number of para-hydroxylation sites is 2. The molecule has 0 aliphatic heterocycles. The molecule has 0 saturated heterocycles. The number of hydrogen-bond acceptors (Lipinski definition) is 2. The summed E-state index contributed by atoms with van der Waals surface area (Å²) in [6.07, 6.45) is 0. The lowest BCUT2D eigenvalue weighted by Gasteiger charge is -2.10. The molecule has 2 rings (SSSR count). The highest BCUT2D eigenvalue weighted by Crippen LogP contribution is 2.23. The number of nitrogen functional groups attached to an aromatic ring is 1. The summed E-state index contributed by atoms with van der Waals surface area (Å²) in [6, 6.07) is 11.0. The molecule has 0 spiro atoms. The third-order valence-corrected chi connectivity index (χ3v) is 2.17. The molecule has 0 aliphatic carbocycles. The molecule has 0 bridgehead atoms. The van der Waals surface area contributed by atoms with Crippen molar-refractivity contribution in [2.24, 2.45) is 0 Å². The molecule has 0 aliphatic rings. The molecule has 0 radical (unpaired) electrons. The largest absolute Gasteiger partial charge is 0.397 e. The van der Waals surface area contributed by atoms with Gasteiger partial charge in [-0.3, -0.25) is 0 Å². The van der Waals surface area contributed by atoms with Crippen molar-refractivity contribution in [2.45, 2.75) is 13.7 Å². The SMILES string of the molecule is [2H]C([2H])([2H])c1cc(Nc2ccccc2N)cc(C([2H])([2H])[2H])c1. The summed E-state index contributed by atoms with van der Waals surface area (Å²) in [5.41, 5.74) is 7.21. The van der Waals surface area contributed by atoms with Crippen LogP contribution in [0.4, 0.5) is 17.1 Å². The van der Waals surface area contributed by atoms with Gasteiger partial charge in [0.05, 0.1) is 11.4 Å². The Morgan fingerprint density at radius 3 is 2.38 bits per heavy atom. The molecule has 0 aromatic heterocycles. The first kappa shape index (κ1) is 5.39. The second-order valence-electron chi connectivity index (χ2n) is 3.51. The second kappa shape index (κ2) is 4.27. The van der Waals surface area contributed by atoms with E-state index in [1.54, 1.807) is 24.3 Å². The van der Waals surface area contributed by atoms with Crippen molar-refractivity contribution in [1.82, 2.24) is 0 Å². The van der Waals surface area contributed by atoms with Crippen LogP contribution in [0.15, 0.2) is 42.5 Å². The van der Waals surface area contributed by atoms with Crippen molar-refractivity contribution in [3.8, 4) is 0 Å². The number of hydrogen-bond donors (Lipinski definition) is 2. The molecule has 0 saturated carbocycles. The van der Waals surface area contributed by atoms with Crippen LogP contribution < -0.4 is 11.1 Å². The van der Waals surface area contributed by atoms with E-state index >= 15 is 0 Å². The first-order valence-corrected chi connectivity index (χ1v) is 4.85. The van der Waals surface area contributed by atoms with Gasteiger partial charge >= 0.3 is 0 Å². The van der Waals surface area contributed by atoms with Crippen LogP contribution >= 0.6 is 0 Å². The van der Waals surface area contributed by atoms with Crippen molar-refractivity contribution >= 4 is 17.1 Å². The minimum atomic E-state index is -2.39. The zero-order chi connectivity index (χ0) is 16.5. The van der Waals surface area contributed by atoms with Gasteiger partial charge in [0.2, 0.25) is 0 Å². The minimum Gasteiger partial charge on any atom is -0.397 e. The van der Waals surface area contributed by atoms with Gasteiger partial charge < -0.3 is 11.1 Å². The number of nitrogens with one attached hydrogen (secondary N) is 1. The van der Waals surface area contributed by atoms with Crippen LogP contribution in [0.1, 0.15) is 19.4 Å². The van der Waals surface area contributed by atoms with E-state index in [9.17, 15) is 0 Å². The third kappa shape index (κ3) is 2.34. The van der Waals surface area contributed by atoms with Crippen molar-refractivity contribution < 1.29 is 8.22 Å². The molecule has 2 heteroatoms. The lowest BCUT2D eigenvalue weighted by Crippen LogP contribution is -1.96. The highest BCUT2D eigenvalue weighted by atomic mass is 14.9. The maximum Gasteiger partial charge on any atom is 0.0617 e. The van der Waals surface area contributed by atoms with Crippen LogP contribution in [0, 0.1) is 13.7 Å². The highest BCUT2D eigenvalue weighted by Gasteiger charge is 1.99. The fraction of sp³-hybridized carbons (Fsp3) is 0.143. The van der Waals surface area contributed by atoms with Gasteiger partial charge in [-0.25, -0.2) is 0 Å². The van der Waals surface area contributed by atoms with Crippen molar-refractivity contribution in [1.29, 1.82) is 0 Å². The Morgan fingerprint density at radius 2 is 1.75 bits per heavy atom. The summed E-state index contributed by atoms with van der Waals surface area (Å²) in [4.78, 5) is 0. The molecule has 0 fully saturated rings. The van der Waals surface area contributed by atoms with Crippen molar-refractivity contribution in [3.05, 3.63) is 53.6 Å². The Balaban J connectivity index is 2.49. The van der Waals surface area contributed by atoms with E-state index in [1.165, 1.54) is 18.2 Å². The molecular weight excluding hydrogens is 196 g/mol. The van der Waals surface area contributed by atoms with E-state index in [1.807, 2.05) is 0 Å². The van der Waals surface area contributed by atoms with Gasteiger partial charge in [-0.05, 0) is 49.1 Å². The quantitative estimate of drug-likeness (QED) is 0.755. The van der Waals surface area contributed by atoms with Crippen LogP contribution in [0.25, 0.3) is 0 Å². The summed E-state index contributed by atoms with van der Waals surface area (Å²) < 4.78 is 44.9. The van der Waals surface area contributed by atoms with E-state index < -0.39 is 13.7 Å². The Kier molecular flexibility index (Phi) is 1.44. The maximum absolute atomic E-state index is 7.49. The van der Waals surface area contributed by atoms with Gasteiger partial charge in [0.25, 0.3) is 0 Å². The van der Waals surface area contributed by atoms with Crippen molar-refractivity contribution in [2.75, 3.05) is 11.1 Å². The lowest BCUT2D eigenvalue weighted by molar-refractivity contribution is 1.37. The molecular formula is C14H16N2. The fourth-order valence-corrected chi connectivity index (χ4v) is 1.47. The highest BCUT2D eigenvalue weighted by molar-refractivity contribution is 5.72. The molecule has 2 aromatic carbocycles. The topological polar surface area (TPSA) is 38.0 Å². The zero-order valence-electron chi connectivity index (χ0n) is 14.6. The number of rotatable bonds is 2. The average molecular weight is 218 g/mol. The predicted octanol–water partition coefficient (Wildman–Crippen LogP) is 3.63. The van der Waals surface area contributed by atoms with Crippen LogP contribution in [0.2, 0.25) is 0 Å². The first-order chi connectivity index (χ1) is 10.1.